The molecular weight excluding hydrogens is 328 g/mol. The van der Waals surface area contributed by atoms with E-state index in [9.17, 15) is 4.79 Å². The van der Waals surface area contributed by atoms with E-state index < -0.39 is 0 Å². The van der Waals surface area contributed by atoms with Crippen LogP contribution < -0.4 is 10.1 Å². The molecule has 1 aliphatic rings. The van der Waals surface area contributed by atoms with E-state index in [2.05, 4.69) is 5.32 Å². The van der Waals surface area contributed by atoms with E-state index in [0.29, 0.717) is 25.4 Å². The Morgan fingerprint density at radius 2 is 1.92 bits per heavy atom. The monoisotopic (exact) mass is 354 g/mol. The van der Waals surface area contributed by atoms with Gasteiger partial charge in [-0.25, -0.2) is 0 Å². The van der Waals surface area contributed by atoms with Gasteiger partial charge in [-0.15, -0.1) is 0 Å². The summed E-state index contributed by atoms with van der Waals surface area (Å²) in [6.07, 6.45) is -0.229. The van der Waals surface area contributed by atoms with E-state index in [0.717, 1.165) is 17.0 Å². The van der Waals surface area contributed by atoms with Crippen LogP contribution in [0.4, 0.5) is 5.69 Å². The van der Waals surface area contributed by atoms with Gasteiger partial charge < -0.3 is 19.7 Å². The molecule has 0 aromatic heterocycles. The number of anilines is 1. The molecule has 1 N–H and O–H groups in total. The topological polar surface area (TPSA) is 50.8 Å². The molecule has 1 aliphatic heterocycles. The maximum atomic E-state index is 13.0. The second-order valence-corrected chi connectivity index (χ2v) is 6.52. The summed E-state index contributed by atoms with van der Waals surface area (Å²) in [5.74, 6) is 0.820. The van der Waals surface area contributed by atoms with Gasteiger partial charge in [0.1, 0.15) is 18.5 Å². The van der Waals surface area contributed by atoms with Gasteiger partial charge in [0.15, 0.2) is 0 Å². The largest absolute Gasteiger partial charge is 0.491 e. The number of amides is 1. The van der Waals surface area contributed by atoms with Crippen LogP contribution in [0.25, 0.3) is 0 Å². The second-order valence-electron chi connectivity index (χ2n) is 6.52. The van der Waals surface area contributed by atoms with Crippen LogP contribution in [-0.2, 0) is 4.74 Å². The fraction of sp³-hybridized carbons (Fsp3) is 0.381. The fourth-order valence-electron chi connectivity index (χ4n) is 3.18. The van der Waals surface area contributed by atoms with Crippen molar-refractivity contribution in [2.45, 2.75) is 33.0 Å². The first-order valence-corrected chi connectivity index (χ1v) is 9.10. The minimum atomic E-state index is -0.229. The van der Waals surface area contributed by atoms with Gasteiger partial charge in [-0.3, -0.25) is 4.79 Å². The molecule has 0 spiro atoms. The van der Waals surface area contributed by atoms with E-state index in [1.165, 1.54) is 0 Å². The summed E-state index contributed by atoms with van der Waals surface area (Å²) in [6, 6.07) is 15.6. The average Bonchev–Trinajstić information content (AvgIpc) is 2.65. The van der Waals surface area contributed by atoms with Gasteiger partial charge in [0.2, 0.25) is 0 Å². The predicted molar refractivity (Wildman–Crippen MR) is 103 cm³/mol. The molecule has 0 saturated heterocycles. The number of benzene rings is 2. The van der Waals surface area contributed by atoms with Crippen molar-refractivity contribution in [1.82, 2.24) is 4.90 Å². The van der Waals surface area contributed by atoms with Gasteiger partial charge in [-0.05, 0) is 50.6 Å². The molecule has 1 unspecified atom stereocenters. The van der Waals surface area contributed by atoms with E-state index in [1.807, 2.05) is 74.2 Å². The Labute approximate surface area is 154 Å². The number of para-hydroxylation sites is 1. The summed E-state index contributed by atoms with van der Waals surface area (Å²) in [7, 11) is 0. The quantitative estimate of drug-likeness (QED) is 0.761. The molecule has 0 radical (unpaired) electrons. The van der Waals surface area contributed by atoms with Gasteiger partial charge >= 0.3 is 0 Å². The van der Waals surface area contributed by atoms with Gasteiger partial charge in [0.05, 0.1) is 12.2 Å². The Kier molecular flexibility index (Phi) is 5.78. The minimum Gasteiger partial charge on any atom is -0.491 e. The molecule has 0 bridgehead atoms. The van der Waals surface area contributed by atoms with Gasteiger partial charge in [-0.1, -0.05) is 24.3 Å². The first kappa shape index (κ1) is 18.3. The van der Waals surface area contributed by atoms with Gasteiger partial charge in [0.25, 0.3) is 5.91 Å². The second kappa shape index (κ2) is 8.23. The Morgan fingerprint density at radius 3 is 2.69 bits per heavy atom. The zero-order valence-electron chi connectivity index (χ0n) is 15.6. The van der Waals surface area contributed by atoms with Crippen LogP contribution in [0.1, 0.15) is 42.9 Å². The van der Waals surface area contributed by atoms with Crippen LogP contribution in [0.2, 0.25) is 0 Å². The summed E-state index contributed by atoms with van der Waals surface area (Å²) in [5, 5.41) is 3.50. The molecule has 26 heavy (non-hydrogen) atoms. The van der Waals surface area contributed by atoms with Crippen molar-refractivity contribution < 1.29 is 14.3 Å². The summed E-state index contributed by atoms with van der Waals surface area (Å²) in [5.41, 5.74) is 2.57. The Balaban J connectivity index is 1.86. The van der Waals surface area contributed by atoms with Crippen LogP contribution >= 0.6 is 0 Å². The van der Waals surface area contributed by atoms with E-state index in [4.69, 9.17) is 9.47 Å². The third-order valence-electron chi connectivity index (χ3n) is 4.39. The van der Waals surface area contributed by atoms with Crippen LogP contribution in [0.5, 0.6) is 5.75 Å². The number of rotatable bonds is 7. The molecule has 5 nitrogen and oxygen atoms in total. The minimum absolute atomic E-state index is 0.0435. The summed E-state index contributed by atoms with van der Waals surface area (Å²) < 4.78 is 11.1. The summed E-state index contributed by atoms with van der Waals surface area (Å²) in [6.45, 7) is 7.77. The molecule has 2 aromatic rings. The standard InChI is InChI=1S/C21H26N2O3/c1-4-25-12-13-26-17-9-7-8-16(14-17)20-22-19-11-6-5-10-18(19)21(24)23(20)15(2)3/h5-11,14-15,20,22H,4,12-13H2,1-3H3. The van der Waals surface area contributed by atoms with Crippen molar-refractivity contribution in [3.8, 4) is 5.75 Å². The molecular formula is C21H26N2O3. The number of carbonyl (C=O) groups is 1. The predicted octanol–water partition coefficient (Wildman–Crippen LogP) is 4.08. The highest BCUT2D eigenvalue weighted by atomic mass is 16.5. The van der Waals surface area contributed by atoms with E-state index in [-0.39, 0.29) is 18.1 Å². The molecule has 138 valence electrons. The molecule has 0 aliphatic carbocycles. The van der Waals surface area contributed by atoms with Crippen molar-refractivity contribution in [3.05, 3.63) is 59.7 Å². The maximum absolute atomic E-state index is 13.0. The highest BCUT2D eigenvalue weighted by molar-refractivity contribution is 6.01. The number of ether oxygens (including phenoxy) is 2. The normalized spacial score (nSPS) is 16.4. The molecule has 1 heterocycles. The Hall–Kier alpha value is -2.53. The van der Waals surface area contributed by atoms with Gasteiger partial charge in [0, 0.05) is 18.3 Å². The number of carbonyl (C=O) groups excluding carboxylic acids is 1. The smallest absolute Gasteiger partial charge is 0.258 e. The van der Waals surface area contributed by atoms with Crippen LogP contribution in [0, 0.1) is 0 Å². The lowest BCUT2D eigenvalue weighted by atomic mass is 10.0. The summed E-state index contributed by atoms with van der Waals surface area (Å²) >= 11 is 0. The molecule has 1 atom stereocenters. The number of nitrogens with zero attached hydrogens (tertiary/aromatic N) is 1. The molecule has 3 rings (SSSR count). The highest BCUT2D eigenvalue weighted by Crippen LogP contribution is 2.35. The molecule has 2 aromatic carbocycles. The third kappa shape index (κ3) is 3.83. The fourth-order valence-corrected chi connectivity index (χ4v) is 3.18. The first-order valence-electron chi connectivity index (χ1n) is 9.10. The van der Waals surface area contributed by atoms with Crippen LogP contribution in [-0.4, -0.2) is 36.7 Å². The number of fused-ring (bicyclic) bond motifs is 1. The zero-order chi connectivity index (χ0) is 18.5. The zero-order valence-corrected chi connectivity index (χ0v) is 15.6. The molecule has 0 saturated carbocycles. The first-order chi connectivity index (χ1) is 12.6. The lowest BCUT2D eigenvalue weighted by Crippen LogP contribution is -2.46. The van der Waals surface area contributed by atoms with Crippen molar-refractivity contribution in [1.29, 1.82) is 0 Å². The van der Waals surface area contributed by atoms with Crippen molar-refractivity contribution in [2.75, 3.05) is 25.1 Å². The Morgan fingerprint density at radius 1 is 1.12 bits per heavy atom. The lowest BCUT2D eigenvalue weighted by Gasteiger charge is -2.40. The van der Waals surface area contributed by atoms with Crippen LogP contribution in [0.3, 0.4) is 0 Å². The third-order valence-corrected chi connectivity index (χ3v) is 4.39. The molecule has 5 heteroatoms. The molecule has 1 amide bonds. The maximum Gasteiger partial charge on any atom is 0.258 e. The lowest BCUT2D eigenvalue weighted by molar-refractivity contribution is 0.0616. The average molecular weight is 354 g/mol. The number of hydrogen-bond donors (Lipinski definition) is 1. The number of nitrogens with one attached hydrogen (secondary N) is 1. The van der Waals surface area contributed by atoms with Crippen molar-refractivity contribution >= 4 is 11.6 Å². The van der Waals surface area contributed by atoms with E-state index >= 15 is 0 Å². The highest BCUT2D eigenvalue weighted by Gasteiger charge is 2.34. The number of hydrogen-bond acceptors (Lipinski definition) is 4. The summed E-state index contributed by atoms with van der Waals surface area (Å²) in [4.78, 5) is 14.9. The van der Waals surface area contributed by atoms with Crippen molar-refractivity contribution in [2.24, 2.45) is 0 Å². The van der Waals surface area contributed by atoms with Crippen molar-refractivity contribution in [3.63, 3.8) is 0 Å². The van der Waals surface area contributed by atoms with E-state index in [1.54, 1.807) is 0 Å². The molecule has 0 fully saturated rings. The van der Waals surface area contributed by atoms with Gasteiger partial charge in [-0.2, -0.15) is 0 Å². The Bertz CT molecular complexity index is 760. The SMILES string of the molecule is CCOCCOc1cccc(C2Nc3ccccc3C(=O)N2C(C)C)c1. The van der Waals surface area contributed by atoms with Crippen LogP contribution in [0.15, 0.2) is 48.5 Å².